The van der Waals surface area contributed by atoms with Crippen molar-refractivity contribution in [3.63, 3.8) is 0 Å². The van der Waals surface area contributed by atoms with E-state index in [9.17, 15) is 4.39 Å². The van der Waals surface area contributed by atoms with Crippen LogP contribution in [0.4, 0.5) is 15.8 Å². The molecule has 160 valence electrons. The number of hydrogen-bond acceptors (Lipinski definition) is 5. The molecule has 0 aliphatic carbocycles. The van der Waals surface area contributed by atoms with Crippen molar-refractivity contribution in [1.29, 1.82) is 0 Å². The van der Waals surface area contributed by atoms with Crippen molar-refractivity contribution in [2.75, 3.05) is 49.6 Å². The van der Waals surface area contributed by atoms with Crippen LogP contribution in [0.3, 0.4) is 0 Å². The lowest BCUT2D eigenvalue weighted by molar-refractivity contribution is 0.0743. The Hall–Kier alpha value is -2.15. The standard InChI is InChI=1S/C24H32FN5/c1-28-15-16-30-22-20(6-4-7-21(22)28)23(26)17-29(14-12-24(23,30)27)13-3-2-5-18-8-10-19(25)11-9-18/h4,6-11H,2-3,5,12-17,26-27H2,1H3/t23-,24+/m1/s1. The highest BCUT2D eigenvalue weighted by Gasteiger charge is 2.61. The molecule has 0 saturated carbocycles. The third kappa shape index (κ3) is 2.93. The molecule has 4 N–H and O–H groups in total. The molecule has 2 aromatic carbocycles. The number of para-hydroxylation sites is 1. The fourth-order valence-corrected chi connectivity index (χ4v) is 5.69. The molecule has 2 aromatic rings. The van der Waals surface area contributed by atoms with Crippen molar-refractivity contribution in [2.45, 2.75) is 36.9 Å². The molecule has 0 radical (unpaired) electrons. The van der Waals surface area contributed by atoms with Gasteiger partial charge in [-0.25, -0.2) is 4.39 Å². The first-order valence-electron chi connectivity index (χ1n) is 11.1. The van der Waals surface area contributed by atoms with Gasteiger partial charge in [0.15, 0.2) is 0 Å². The minimum absolute atomic E-state index is 0.172. The van der Waals surface area contributed by atoms with Crippen LogP contribution in [0.5, 0.6) is 0 Å². The van der Waals surface area contributed by atoms with E-state index in [1.807, 2.05) is 12.1 Å². The molecule has 1 saturated heterocycles. The zero-order valence-electron chi connectivity index (χ0n) is 17.8. The maximum Gasteiger partial charge on any atom is 0.123 e. The lowest BCUT2D eigenvalue weighted by Gasteiger charge is -2.53. The van der Waals surface area contributed by atoms with Gasteiger partial charge in [-0.3, -0.25) is 0 Å². The number of hydrogen-bond donors (Lipinski definition) is 2. The molecule has 1 fully saturated rings. The summed E-state index contributed by atoms with van der Waals surface area (Å²) < 4.78 is 13.1. The Morgan fingerprint density at radius 1 is 1.00 bits per heavy atom. The van der Waals surface area contributed by atoms with Crippen LogP contribution < -0.4 is 21.3 Å². The topological polar surface area (TPSA) is 61.8 Å². The molecule has 5 nitrogen and oxygen atoms in total. The fourth-order valence-electron chi connectivity index (χ4n) is 5.69. The molecule has 0 bridgehead atoms. The number of rotatable bonds is 5. The number of fused-ring (bicyclic) bond motifs is 3. The monoisotopic (exact) mass is 409 g/mol. The zero-order valence-corrected chi connectivity index (χ0v) is 17.8. The van der Waals surface area contributed by atoms with Crippen LogP contribution in [-0.2, 0) is 12.0 Å². The summed E-state index contributed by atoms with van der Waals surface area (Å²) in [4.78, 5) is 7.19. The van der Waals surface area contributed by atoms with Crippen LogP contribution >= 0.6 is 0 Å². The van der Waals surface area contributed by atoms with Gasteiger partial charge in [-0.1, -0.05) is 24.3 Å². The zero-order chi connectivity index (χ0) is 20.9. The average Bonchev–Trinajstić information content (AvgIpc) is 2.94. The molecule has 6 heteroatoms. The Labute approximate surface area is 178 Å². The first kappa shape index (κ1) is 19.8. The molecule has 3 aliphatic heterocycles. The highest BCUT2D eigenvalue weighted by atomic mass is 19.1. The average molecular weight is 410 g/mol. The maximum absolute atomic E-state index is 13.1. The Bertz CT molecular complexity index is 932. The summed E-state index contributed by atoms with van der Waals surface area (Å²) in [6, 6.07) is 13.3. The molecular weight excluding hydrogens is 377 g/mol. The van der Waals surface area contributed by atoms with Crippen LogP contribution in [-0.4, -0.2) is 50.3 Å². The summed E-state index contributed by atoms with van der Waals surface area (Å²) in [6.45, 7) is 4.68. The van der Waals surface area contributed by atoms with Gasteiger partial charge >= 0.3 is 0 Å². The molecule has 30 heavy (non-hydrogen) atoms. The van der Waals surface area contributed by atoms with Crippen molar-refractivity contribution in [3.05, 3.63) is 59.4 Å². The number of piperidine rings is 1. The normalized spacial score (nSPS) is 27.9. The van der Waals surface area contributed by atoms with Crippen molar-refractivity contribution >= 4 is 11.4 Å². The molecule has 0 aromatic heterocycles. The first-order chi connectivity index (χ1) is 14.4. The number of benzene rings is 2. The minimum atomic E-state index is -0.557. The number of likely N-dealkylation sites (N-methyl/N-ethyl adjacent to an activating group) is 1. The number of likely N-dealkylation sites (tertiary alicyclic amines) is 1. The SMILES string of the molecule is CN1CCN2c3c1cccc3[C@]1(N)CN(CCCCc3ccc(F)cc3)CC[C@]21N. The predicted molar refractivity (Wildman–Crippen MR) is 120 cm³/mol. The van der Waals surface area contributed by atoms with Crippen LogP contribution in [0.1, 0.15) is 30.4 Å². The third-order valence-corrected chi connectivity index (χ3v) is 7.47. The molecular formula is C24H32FN5. The molecule has 0 amide bonds. The number of aryl methyl sites for hydroxylation is 1. The second-order valence-electron chi connectivity index (χ2n) is 9.25. The fraction of sp³-hybridized carbons (Fsp3) is 0.500. The van der Waals surface area contributed by atoms with Crippen molar-refractivity contribution in [2.24, 2.45) is 11.5 Å². The number of nitrogens with two attached hydrogens (primary N) is 2. The van der Waals surface area contributed by atoms with Gasteiger partial charge in [0.05, 0.1) is 16.9 Å². The number of halogens is 1. The summed E-state index contributed by atoms with van der Waals surface area (Å²) in [6.07, 6.45) is 4.05. The third-order valence-electron chi connectivity index (χ3n) is 7.47. The Morgan fingerprint density at radius 2 is 1.80 bits per heavy atom. The van der Waals surface area contributed by atoms with E-state index >= 15 is 0 Å². The highest BCUT2D eigenvalue weighted by molar-refractivity contribution is 5.82. The van der Waals surface area contributed by atoms with Crippen LogP contribution in [0.25, 0.3) is 0 Å². The number of unbranched alkanes of at least 4 members (excludes halogenated alkanes) is 1. The van der Waals surface area contributed by atoms with Crippen LogP contribution in [0, 0.1) is 5.82 Å². The minimum Gasteiger partial charge on any atom is -0.371 e. The van der Waals surface area contributed by atoms with E-state index < -0.39 is 11.2 Å². The first-order valence-corrected chi connectivity index (χ1v) is 11.1. The van der Waals surface area contributed by atoms with Crippen LogP contribution in [0.15, 0.2) is 42.5 Å². The van der Waals surface area contributed by atoms with E-state index in [1.165, 1.54) is 22.5 Å². The van der Waals surface area contributed by atoms with Crippen molar-refractivity contribution in [3.8, 4) is 0 Å². The van der Waals surface area contributed by atoms with Gasteiger partial charge in [-0.2, -0.15) is 0 Å². The van der Waals surface area contributed by atoms with E-state index in [2.05, 4.69) is 39.9 Å². The molecule has 3 aliphatic rings. The van der Waals surface area contributed by atoms with E-state index in [-0.39, 0.29) is 5.82 Å². The lowest BCUT2D eigenvalue weighted by Crippen LogP contribution is -2.75. The van der Waals surface area contributed by atoms with Gasteiger partial charge in [0.25, 0.3) is 0 Å². The second kappa shape index (κ2) is 7.22. The van der Waals surface area contributed by atoms with Gasteiger partial charge in [0.1, 0.15) is 11.5 Å². The van der Waals surface area contributed by atoms with Crippen molar-refractivity contribution < 1.29 is 4.39 Å². The van der Waals surface area contributed by atoms with Gasteiger partial charge in [-0.05, 0) is 56.0 Å². The number of nitrogens with zero attached hydrogens (tertiary/aromatic N) is 3. The Kier molecular flexibility index (Phi) is 4.76. The quantitative estimate of drug-likeness (QED) is 0.744. The number of anilines is 2. The molecule has 3 heterocycles. The summed E-state index contributed by atoms with van der Waals surface area (Å²) in [5.41, 5.74) is 18.0. The molecule has 0 spiro atoms. The van der Waals surface area contributed by atoms with E-state index in [1.54, 1.807) is 12.1 Å². The molecule has 2 atom stereocenters. The summed E-state index contributed by atoms with van der Waals surface area (Å²) in [5.74, 6) is -0.172. The Balaban J connectivity index is 1.28. The van der Waals surface area contributed by atoms with E-state index in [4.69, 9.17) is 11.5 Å². The lowest BCUT2D eigenvalue weighted by atomic mass is 9.76. The van der Waals surface area contributed by atoms with Gasteiger partial charge in [-0.15, -0.1) is 0 Å². The van der Waals surface area contributed by atoms with Crippen molar-refractivity contribution in [1.82, 2.24) is 4.90 Å². The summed E-state index contributed by atoms with van der Waals surface area (Å²) in [7, 11) is 2.15. The van der Waals surface area contributed by atoms with Gasteiger partial charge in [0.2, 0.25) is 0 Å². The smallest absolute Gasteiger partial charge is 0.123 e. The molecule has 5 rings (SSSR count). The molecule has 0 unspecified atom stereocenters. The predicted octanol–water partition coefficient (Wildman–Crippen LogP) is 2.63. The van der Waals surface area contributed by atoms with E-state index in [0.29, 0.717) is 0 Å². The second-order valence-corrected chi connectivity index (χ2v) is 9.25. The Morgan fingerprint density at radius 3 is 2.60 bits per heavy atom. The maximum atomic E-state index is 13.1. The van der Waals surface area contributed by atoms with Gasteiger partial charge in [0, 0.05) is 38.8 Å². The van der Waals surface area contributed by atoms with Crippen LogP contribution in [0.2, 0.25) is 0 Å². The highest BCUT2D eigenvalue weighted by Crippen LogP contribution is 2.54. The van der Waals surface area contributed by atoms with Gasteiger partial charge < -0.3 is 26.2 Å². The van der Waals surface area contributed by atoms with E-state index in [0.717, 1.165) is 58.4 Å². The summed E-state index contributed by atoms with van der Waals surface area (Å²) >= 11 is 0. The largest absolute Gasteiger partial charge is 0.371 e. The summed E-state index contributed by atoms with van der Waals surface area (Å²) in [5, 5.41) is 0.